The quantitative estimate of drug-likeness (QED) is 0.421. The molecular weight excluding hydrogens is 216 g/mol. The number of rotatable bonds is 1. The lowest BCUT2D eigenvalue weighted by Crippen LogP contribution is -2.57. The molecule has 1 aliphatic heterocycles. The van der Waals surface area contributed by atoms with Gasteiger partial charge in [-0.15, -0.1) is 0 Å². The van der Waals surface area contributed by atoms with E-state index in [4.69, 9.17) is 4.74 Å². The second-order valence-electron chi connectivity index (χ2n) is 3.20. The van der Waals surface area contributed by atoms with Crippen LogP contribution >= 0.6 is 0 Å². The van der Waals surface area contributed by atoms with E-state index in [0.29, 0.717) is 6.61 Å². The predicted octanol–water partition coefficient (Wildman–Crippen LogP) is -1.87. The first kappa shape index (κ1) is 12.4. The highest BCUT2D eigenvalue weighted by Gasteiger charge is 2.35. The molecule has 7 heteroatoms. The van der Waals surface area contributed by atoms with Crippen molar-refractivity contribution in [2.24, 2.45) is 0 Å². The van der Waals surface area contributed by atoms with E-state index in [1.165, 1.54) is 7.05 Å². The zero-order valence-electron chi connectivity index (χ0n) is 9.19. The molecule has 0 saturated carbocycles. The summed E-state index contributed by atoms with van der Waals surface area (Å²) in [6, 6.07) is -0.773. The van der Waals surface area contributed by atoms with Crippen molar-refractivity contribution in [2.45, 2.75) is 6.04 Å². The van der Waals surface area contributed by atoms with Gasteiger partial charge in [-0.2, -0.15) is 0 Å². The summed E-state index contributed by atoms with van der Waals surface area (Å²) in [6.07, 6.45) is 0. The van der Waals surface area contributed by atoms with Gasteiger partial charge in [0.05, 0.1) is 20.3 Å². The average molecular weight is 230 g/mol. The highest BCUT2D eigenvalue weighted by atomic mass is 16.5. The van der Waals surface area contributed by atoms with Crippen molar-refractivity contribution in [3.05, 3.63) is 0 Å². The number of amides is 2. The van der Waals surface area contributed by atoms with Gasteiger partial charge in [0.1, 0.15) is 6.04 Å². The van der Waals surface area contributed by atoms with Crippen molar-refractivity contribution in [3.63, 3.8) is 0 Å². The maximum Gasteiger partial charge on any atom is 0.396 e. The van der Waals surface area contributed by atoms with Crippen LogP contribution in [-0.2, 0) is 23.9 Å². The Labute approximate surface area is 92.7 Å². The number of ether oxygens (including phenoxy) is 2. The molecule has 0 spiro atoms. The largest absolute Gasteiger partial charge is 0.462 e. The number of hydrogen-bond donors (Lipinski definition) is 1. The van der Waals surface area contributed by atoms with Gasteiger partial charge in [0, 0.05) is 13.6 Å². The first-order chi connectivity index (χ1) is 7.61. The molecule has 1 aliphatic rings. The molecule has 0 aromatic heterocycles. The zero-order valence-corrected chi connectivity index (χ0v) is 9.19. The molecule has 1 heterocycles. The minimum atomic E-state index is -0.976. The molecule has 16 heavy (non-hydrogen) atoms. The zero-order chi connectivity index (χ0) is 12.1. The molecule has 1 saturated heterocycles. The first-order valence-electron chi connectivity index (χ1n) is 4.80. The Morgan fingerprint density at radius 3 is 2.69 bits per heavy atom. The smallest absolute Gasteiger partial charge is 0.396 e. The van der Waals surface area contributed by atoms with E-state index in [0.717, 1.165) is 12.0 Å². The Balaban J connectivity index is 2.77. The number of morpholine rings is 1. The summed E-state index contributed by atoms with van der Waals surface area (Å²) in [6.45, 7) is 0.588. The minimum absolute atomic E-state index is 0.0857. The highest BCUT2D eigenvalue weighted by Crippen LogP contribution is 2.08. The summed E-state index contributed by atoms with van der Waals surface area (Å²) in [7, 11) is 2.58. The molecule has 1 atom stereocenters. The molecule has 7 nitrogen and oxygen atoms in total. The number of methoxy groups -OCH3 is 1. The maximum absolute atomic E-state index is 11.6. The fourth-order valence-electron chi connectivity index (χ4n) is 1.44. The van der Waals surface area contributed by atoms with Crippen LogP contribution in [0.3, 0.4) is 0 Å². The lowest BCUT2D eigenvalue weighted by molar-refractivity contribution is -0.164. The SMILES string of the molecule is CNC(=O)C1COCCN1C(=O)C(=O)OC. The maximum atomic E-state index is 11.6. The van der Waals surface area contributed by atoms with Gasteiger partial charge >= 0.3 is 11.9 Å². The summed E-state index contributed by atoms with van der Waals surface area (Å²) in [5, 5.41) is 2.41. The van der Waals surface area contributed by atoms with Crippen molar-refractivity contribution in [1.82, 2.24) is 10.2 Å². The number of carbonyl (C=O) groups excluding carboxylic acids is 3. The minimum Gasteiger partial charge on any atom is -0.462 e. The van der Waals surface area contributed by atoms with E-state index < -0.39 is 17.9 Å². The standard InChI is InChI=1S/C9H14N2O5/c1-10-7(12)6-5-16-4-3-11(6)8(13)9(14)15-2/h6H,3-5H2,1-2H3,(H,10,12). The van der Waals surface area contributed by atoms with E-state index in [9.17, 15) is 14.4 Å². The molecule has 0 bridgehead atoms. The van der Waals surface area contributed by atoms with E-state index in [1.54, 1.807) is 0 Å². The number of nitrogens with one attached hydrogen (secondary N) is 1. The van der Waals surface area contributed by atoms with Gasteiger partial charge in [-0.25, -0.2) is 4.79 Å². The fraction of sp³-hybridized carbons (Fsp3) is 0.667. The number of hydrogen-bond acceptors (Lipinski definition) is 5. The Bertz CT molecular complexity index is 304. The molecule has 90 valence electrons. The molecule has 0 radical (unpaired) electrons. The molecule has 1 unspecified atom stereocenters. The van der Waals surface area contributed by atoms with Crippen molar-refractivity contribution >= 4 is 17.8 Å². The monoisotopic (exact) mass is 230 g/mol. The third-order valence-corrected chi connectivity index (χ3v) is 2.30. The Morgan fingerprint density at radius 2 is 2.12 bits per heavy atom. The lowest BCUT2D eigenvalue weighted by Gasteiger charge is -2.33. The van der Waals surface area contributed by atoms with E-state index >= 15 is 0 Å². The predicted molar refractivity (Wildman–Crippen MR) is 52.4 cm³/mol. The van der Waals surface area contributed by atoms with Gasteiger partial charge in [-0.05, 0) is 0 Å². The van der Waals surface area contributed by atoms with E-state index in [-0.39, 0.29) is 19.1 Å². The first-order valence-corrected chi connectivity index (χ1v) is 4.80. The van der Waals surface area contributed by atoms with Crippen LogP contribution in [0.25, 0.3) is 0 Å². The van der Waals surface area contributed by atoms with Gasteiger partial charge < -0.3 is 19.7 Å². The topological polar surface area (TPSA) is 84.9 Å². The summed E-state index contributed by atoms with van der Waals surface area (Å²) in [5.74, 6) is -2.16. The van der Waals surface area contributed by atoms with Crippen LogP contribution in [0.15, 0.2) is 0 Å². The summed E-state index contributed by atoms with van der Waals surface area (Å²) in [4.78, 5) is 35.3. The molecule has 2 amide bonds. The van der Waals surface area contributed by atoms with Crippen LogP contribution < -0.4 is 5.32 Å². The summed E-state index contributed by atoms with van der Waals surface area (Å²) in [5.41, 5.74) is 0. The number of carbonyl (C=O) groups is 3. The molecule has 0 aromatic carbocycles. The van der Waals surface area contributed by atoms with Crippen molar-refractivity contribution < 1.29 is 23.9 Å². The highest BCUT2D eigenvalue weighted by molar-refractivity contribution is 6.32. The van der Waals surface area contributed by atoms with Crippen LogP contribution in [-0.4, -0.2) is 62.6 Å². The van der Waals surface area contributed by atoms with Gasteiger partial charge in [0.25, 0.3) is 0 Å². The van der Waals surface area contributed by atoms with E-state index in [2.05, 4.69) is 10.1 Å². The van der Waals surface area contributed by atoms with Gasteiger partial charge in [0.2, 0.25) is 5.91 Å². The number of likely N-dealkylation sites (N-methyl/N-ethyl adjacent to an activating group) is 1. The lowest BCUT2D eigenvalue weighted by atomic mass is 10.2. The molecular formula is C9H14N2O5. The molecule has 1 N–H and O–H groups in total. The Kier molecular flexibility index (Phi) is 4.24. The van der Waals surface area contributed by atoms with Crippen LogP contribution in [0, 0.1) is 0 Å². The van der Waals surface area contributed by atoms with Gasteiger partial charge in [-0.3, -0.25) is 9.59 Å². The summed E-state index contributed by atoms with van der Waals surface area (Å²) >= 11 is 0. The van der Waals surface area contributed by atoms with Crippen LogP contribution in [0.1, 0.15) is 0 Å². The number of esters is 1. The second-order valence-corrected chi connectivity index (χ2v) is 3.20. The van der Waals surface area contributed by atoms with Gasteiger partial charge in [-0.1, -0.05) is 0 Å². The normalized spacial score (nSPS) is 20.1. The number of nitrogens with zero attached hydrogens (tertiary/aromatic N) is 1. The van der Waals surface area contributed by atoms with Crippen molar-refractivity contribution in [3.8, 4) is 0 Å². The van der Waals surface area contributed by atoms with Crippen molar-refractivity contribution in [1.29, 1.82) is 0 Å². The molecule has 1 rings (SSSR count). The molecule has 0 aromatic rings. The van der Waals surface area contributed by atoms with Crippen LogP contribution in [0.2, 0.25) is 0 Å². The Hall–Kier alpha value is -1.63. The van der Waals surface area contributed by atoms with Gasteiger partial charge in [0.15, 0.2) is 0 Å². The molecule has 1 fully saturated rings. The third kappa shape index (κ3) is 2.48. The third-order valence-electron chi connectivity index (χ3n) is 2.30. The fourth-order valence-corrected chi connectivity index (χ4v) is 1.44. The molecule has 0 aliphatic carbocycles. The Morgan fingerprint density at radius 1 is 1.44 bits per heavy atom. The van der Waals surface area contributed by atoms with Crippen molar-refractivity contribution in [2.75, 3.05) is 33.9 Å². The second kappa shape index (κ2) is 5.45. The van der Waals surface area contributed by atoms with E-state index in [1.807, 2.05) is 0 Å². The van der Waals surface area contributed by atoms with Crippen LogP contribution in [0.5, 0.6) is 0 Å². The van der Waals surface area contributed by atoms with Crippen LogP contribution in [0.4, 0.5) is 0 Å². The summed E-state index contributed by atoms with van der Waals surface area (Å²) < 4.78 is 9.42. The average Bonchev–Trinajstić information content (AvgIpc) is 2.35.